The van der Waals surface area contributed by atoms with Gasteiger partial charge in [0.05, 0.1) is 22.8 Å². The van der Waals surface area contributed by atoms with Crippen LogP contribution in [0.3, 0.4) is 0 Å². The van der Waals surface area contributed by atoms with Gasteiger partial charge >= 0.3 is 0 Å². The fraction of sp³-hybridized carbons (Fsp3) is 0.0976. The second-order valence-corrected chi connectivity index (χ2v) is 12.7. The summed E-state index contributed by atoms with van der Waals surface area (Å²) in [5.74, 6) is 0. The zero-order chi connectivity index (χ0) is 30.6. The molecule has 0 radical (unpaired) electrons. The van der Waals surface area contributed by atoms with Gasteiger partial charge in [-0.05, 0) is 71.1 Å². The summed E-state index contributed by atoms with van der Waals surface area (Å²) in [6.45, 7) is 6.71. The Morgan fingerprint density at radius 1 is 0.733 bits per heavy atom. The molecule has 1 aliphatic rings. The van der Waals surface area contributed by atoms with Gasteiger partial charge in [-0.1, -0.05) is 80.6 Å². The number of aromatic nitrogens is 2. The van der Waals surface area contributed by atoms with Crippen molar-refractivity contribution in [3.63, 3.8) is 0 Å². The molecule has 0 fully saturated rings. The molecule has 1 aliphatic carbocycles. The Labute approximate surface area is 261 Å². The summed E-state index contributed by atoms with van der Waals surface area (Å²) in [7, 11) is 4.24. The lowest BCUT2D eigenvalue weighted by atomic mass is 9.82. The van der Waals surface area contributed by atoms with Crippen LogP contribution in [0, 0.1) is 25.3 Å². The number of benzene rings is 5. The molecule has 3 aromatic heterocycles. The number of pyridine rings is 1. The predicted octanol–water partition coefficient (Wildman–Crippen LogP) is 9.76. The summed E-state index contributed by atoms with van der Waals surface area (Å²) >= 11 is 0. The summed E-state index contributed by atoms with van der Waals surface area (Å²) in [4.78, 5) is 0. The molecule has 4 heteroatoms. The fourth-order valence-corrected chi connectivity index (χ4v) is 7.73. The van der Waals surface area contributed by atoms with Crippen LogP contribution in [0.15, 0.2) is 114 Å². The summed E-state index contributed by atoms with van der Waals surface area (Å²) in [6.07, 6.45) is 1.95. The fourth-order valence-electron chi connectivity index (χ4n) is 7.73. The molecule has 0 bridgehead atoms. The topological polar surface area (TPSA) is 45.7 Å². The molecule has 0 saturated heterocycles. The molecule has 0 N–H and O–H groups in total. The van der Waals surface area contributed by atoms with Gasteiger partial charge in [0.15, 0.2) is 5.58 Å². The summed E-state index contributed by atoms with van der Waals surface area (Å²) < 4.78 is 11.1. The highest BCUT2D eigenvalue weighted by Crippen LogP contribution is 2.51. The van der Waals surface area contributed by atoms with E-state index in [1.165, 1.54) is 22.3 Å². The molecule has 0 saturated carbocycles. The van der Waals surface area contributed by atoms with Crippen molar-refractivity contribution in [3.8, 4) is 34.1 Å². The number of furan rings is 1. The monoisotopic (exact) mass is 579 g/mol. The Hall–Kier alpha value is -5.79. The maximum absolute atomic E-state index is 10.5. The minimum absolute atomic E-state index is 0.156. The van der Waals surface area contributed by atoms with Crippen molar-refractivity contribution in [2.45, 2.75) is 26.2 Å². The highest BCUT2D eigenvalue weighted by atomic mass is 16.3. The second kappa shape index (κ2) is 8.87. The Bertz CT molecular complexity index is 2610. The molecule has 4 nitrogen and oxygen atoms in total. The SMILES string of the molecule is [CH2-][n+]1ccccc1-c1c(C)ccc2c1oc1c(-n3c4ccccc4c4cc5c(cc43)C(C)(C)c3ccccc3-5)c(C#N)ccc12. The summed E-state index contributed by atoms with van der Waals surface area (Å²) in [5.41, 5.74) is 13.1. The number of aryl methyl sites for hydroxylation is 1. The van der Waals surface area contributed by atoms with Gasteiger partial charge in [-0.3, -0.25) is 0 Å². The minimum Gasteiger partial charge on any atom is -0.454 e. The van der Waals surface area contributed by atoms with Crippen LogP contribution in [0.4, 0.5) is 0 Å². The highest BCUT2D eigenvalue weighted by molar-refractivity contribution is 6.16. The number of hydrogen-bond donors (Lipinski definition) is 0. The van der Waals surface area contributed by atoms with Crippen molar-refractivity contribution in [1.29, 1.82) is 5.26 Å². The summed E-state index contributed by atoms with van der Waals surface area (Å²) in [6, 6.07) is 38.7. The van der Waals surface area contributed by atoms with Crippen LogP contribution in [0.2, 0.25) is 0 Å². The van der Waals surface area contributed by atoms with Gasteiger partial charge < -0.3 is 13.6 Å². The van der Waals surface area contributed by atoms with Crippen molar-refractivity contribution in [1.82, 2.24) is 4.57 Å². The van der Waals surface area contributed by atoms with Crippen LogP contribution in [-0.2, 0) is 5.41 Å². The van der Waals surface area contributed by atoms with E-state index in [2.05, 4.69) is 117 Å². The van der Waals surface area contributed by atoms with Gasteiger partial charge in [-0.15, -0.1) is 0 Å². The van der Waals surface area contributed by atoms with E-state index in [1.54, 1.807) is 0 Å². The maximum atomic E-state index is 10.5. The van der Waals surface area contributed by atoms with Gasteiger partial charge in [-0.25, -0.2) is 0 Å². The van der Waals surface area contributed by atoms with Crippen molar-refractivity contribution in [3.05, 3.63) is 139 Å². The third-order valence-corrected chi connectivity index (χ3v) is 9.91. The first-order valence-corrected chi connectivity index (χ1v) is 15.3. The van der Waals surface area contributed by atoms with E-state index in [9.17, 15) is 5.26 Å². The lowest BCUT2D eigenvalue weighted by Gasteiger charge is -2.21. The van der Waals surface area contributed by atoms with Crippen molar-refractivity contribution >= 4 is 43.7 Å². The summed E-state index contributed by atoms with van der Waals surface area (Å²) in [5, 5.41) is 14.8. The number of hydrogen-bond acceptors (Lipinski definition) is 2. The second-order valence-electron chi connectivity index (χ2n) is 12.7. The maximum Gasteiger partial charge on any atom is 0.160 e. The lowest BCUT2D eigenvalue weighted by Crippen LogP contribution is -2.27. The number of nitrogens with zero attached hydrogens (tertiary/aromatic N) is 3. The highest BCUT2D eigenvalue weighted by Gasteiger charge is 2.36. The molecule has 214 valence electrons. The van der Waals surface area contributed by atoms with E-state index >= 15 is 0 Å². The van der Waals surface area contributed by atoms with Gasteiger partial charge in [0, 0.05) is 39.6 Å². The molecule has 0 spiro atoms. The number of nitriles is 1. The average molecular weight is 580 g/mol. The van der Waals surface area contributed by atoms with E-state index < -0.39 is 0 Å². The zero-order valence-corrected chi connectivity index (χ0v) is 25.3. The van der Waals surface area contributed by atoms with Crippen LogP contribution in [0.5, 0.6) is 0 Å². The van der Waals surface area contributed by atoms with Crippen molar-refractivity contribution in [2.75, 3.05) is 0 Å². The largest absolute Gasteiger partial charge is 0.454 e. The molecule has 45 heavy (non-hydrogen) atoms. The van der Waals surface area contributed by atoms with Crippen LogP contribution in [-0.4, -0.2) is 4.57 Å². The number of rotatable bonds is 2. The number of fused-ring (bicyclic) bond motifs is 9. The van der Waals surface area contributed by atoms with E-state index in [4.69, 9.17) is 4.42 Å². The van der Waals surface area contributed by atoms with E-state index in [0.717, 1.165) is 60.7 Å². The van der Waals surface area contributed by atoms with Crippen LogP contribution in [0.1, 0.15) is 36.1 Å². The molecular formula is C41H29N3O. The van der Waals surface area contributed by atoms with Crippen molar-refractivity contribution < 1.29 is 8.98 Å². The normalized spacial score (nSPS) is 13.5. The van der Waals surface area contributed by atoms with E-state index in [0.29, 0.717) is 11.1 Å². The molecule has 9 rings (SSSR count). The van der Waals surface area contributed by atoms with Crippen molar-refractivity contribution in [2.24, 2.45) is 0 Å². The number of para-hydroxylation sites is 1. The van der Waals surface area contributed by atoms with Crippen LogP contribution >= 0.6 is 0 Å². The Morgan fingerprint density at radius 2 is 1.49 bits per heavy atom. The molecule has 5 aromatic carbocycles. The van der Waals surface area contributed by atoms with Gasteiger partial charge in [0.25, 0.3) is 0 Å². The molecule has 0 atom stereocenters. The van der Waals surface area contributed by atoms with Crippen LogP contribution < -0.4 is 4.57 Å². The first-order valence-electron chi connectivity index (χ1n) is 15.3. The van der Waals surface area contributed by atoms with Gasteiger partial charge in [0.2, 0.25) is 0 Å². The standard InChI is InChI=1S/C41H29N3O/c1-24-16-18-28-29-19-17-25(23-42)38(40(29)45-39(28)37(24)35-15-9-10-20-43(35)4)44-34-14-8-6-12-27(34)31-21-30-26-11-5-7-13-32(26)41(2,3)33(30)22-36(31)44/h5-22H,4H2,1-3H3. The Balaban J connectivity index is 1.43. The molecule has 0 aliphatic heterocycles. The Morgan fingerprint density at radius 3 is 2.33 bits per heavy atom. The Kier molecular flexibility index (Phi) is 5.07. The third-order valence-electron chi connectivity index (χ3n) is 9.91. The molecule has 0 unspecified atom stereocenters. The van der Waals surface area contributed by atoms with Crippen LogP contribution in [0.25, 0.3) is 71.8 Å². The smallest absolute Gasteiger partial charge is 0.160 e. The molecular weight excluding hydrogens is 550 g/mol. The van der Waals surface area contributed by atoms with E-state index in [1.807, 2.05) is 35.0 Å². The minimum atomic E-state index is -0.156. The zero-order valence-electron chi connectivity index (χ0n) is 25.3. The van der Waals surface area contributed by atoms with Gasteiger partial charge in [0.1, 0.15) is 23.0 Å². The molecule has 8 aromatic rings. The quantitative estimate of drug-likeness (QED) is 0.151. The first kappa shape index (κ1) is 25.7. The lowest BCUT2D eigenvalue weighted by molar-refractivity contribution is -0.600. The van der Waals surface area contributed by atoms with Gasteiger partial charge in [-0.2, -0.15) is 5.26 Å². The molecule has 3 heterocycles. The molecule has 0 amide bonds. The first-order chi connectivity index (χ1) is 21.9. The van der Waals surface area contributed by atoms with E-state index in [-0.39, 0.29) is 5.41 Å². The predicted molar refractivity (Wildman–Crippen MR) is 181 cm³/mol. The average Bonchev–Trinajstić information content (AvgIpc) is 3.66. The third kappa shape index (κ3) is 3.30.